The van der Waals surface area contributed by atoms with Crippen LogP contribution in [-0.4, -0.2) is 35.6 Å². The Balaban J connectivity index is 1.90. The number of nitrogens with zero attached hydrogens (tertiary/aromatic N) is 1. The van der Waals surface area contributed by atoms with Gasteiger partial charge in [0.2, 0.25) is 0 Å². The molecule has 2 aliphatic rings. The molecule has 1 aliphatic heterocycles. The Morgan fingerprint density at radius 2 is 1.90 bits per heavy atom. The molecule has 0 aromatic carbocycles. The molecule has 0 radical (unpaired) electrons. The molecule has 0 amide bonds. The third-order valence-electron chi connectivity index (χ3n) is 5.64. The molecular formula is C18H36N2. The molecule has 3 atom stereocenters. The molecule has 118 valence electrons. The van der Waals surface area contributed by atoms with E-state index in [-0.39, 0.29) is 0 Å². The second kappa shape index (κ2) is 6.79. The quantitative estimate of drug-likeness (QED) is 0.757. The van der Waals surface area contributed by atoms with Gasteiger partial charge in [-0.15, -0.1) is 0 Å². The Hall–Kier alpha value is -0.0800. The standard InChI is InChI=1S/C18H36N2/c1-6-17-12-19-18(5,16-10-11-16)13-20(17)15(4)9-7-8-14(2)3/h14-17,19H,6-13H2,1-5H3. The summed E-state index contributed by atoms with van der Waals surface area (Å²) in [6.45, 7) is 14.4. The lowest BCUT2D eigenvalue weighted by Gasteiger charge is -2.49. The smallest absolute Gasteiger partial charge is 0.0309 e. The zero-order valence-corrected chi connectivity index (χ0v) is 14.4. The van der Waals surface area contributed by atoms with Crippen molar-refractivity contribution < 1.29 is 0 Å². The highest BCUT2D eigenvalue weighted by atomic mass is 15.3. The Bertz CT molecular complexity index is 298. The number of nitrogens with one attached hydrogen (secondary N) is 1. The van der Waals surface area contributed by atoms with Crippen LogP contribution in [0.5, 0.6) is 0 Å². The van der Waals surface area contributed by atoms with Crippen LogP contribution in [0.15, 0.2) is 0 Å². The van der Waals surface area contributed by atoms with Crippen molar-refractivity contribution in [2.45, 2.75) is 90.8 Å². The van der Waals surface area contributed by atoms with Crippen LogP contribution in [0.2, 0.25) is 0 Å². The summed E-state index contributed by atoms with van der Waals surface area (Å²) in [4.78, 5) is 2.83. The minimum atomic E-state index is 0.387. The van der Waals surface area contributed by atoms with E-state index in [1.165, 1.54) is 51.6 Å². The maximum Gasteiger partial charge on any atom is 0.0309 e. The van der Waals surface area contributed by atoms with Gasteiger partial charge < -0.3 is 5.32 Å². The first-order valence-electron chi connectivity index (χ1n) is 8.97. The molecule has 0 bridgehead atoms. The topological polar surface area (TPSA) is 15.3 Å². The van der Waals surface area contributed by atoms with Crippen LogP contribution in [0.3, 0.4) is 0 Å². The first-order chi connectivity index (χ1) is 9.46. The summed E-state index contributed by atoms with van der Waals surface area (Å²) >= 11 is 0. The van der Waals surface area contributed by atoms with E-state index >= 15 is 0 Å². The first kappa shape index (κ1) is 16.3. The Labute approximate surface area is 126 Å². The third-order valence-corrected chi connectivity index (χ3v) is 5.64. The average Bonchev–Trinajstić information content (AvgIpc) is 3.22. The molecule has 1 aliphatic carbocycles. The lowest BCUT2D eigenvalue weighted by atomic mass is 9.88. The molecule has 2 rings (SSSR count). The summed E-state index contributed by atoms with van der Waals surface area (Å²) in [6.07, 6.45) is 8.30. The SMILES string of the molecule is CCC1CNC(C)(C2CC2)CN1C(C)CCCC(C)C. The van der Waals surface area contributed by atoms with Crippen LogP contribution in [0, 0.1) is 11.8 Å². The van der Waals surface area contributed by atoms with E-state index in [0.29, 0.717) is 5.54 Å². The molecule has 20 heavy (non-hydrogen) atoms. The summed E-state index contributed by atoms with van der Waals surface area (Å²) in [5.74, 6) is 1.79. The number of hydrogen-bond donors (Lipinski definition) is 1. The van der Waals surface area contributed by atoms with Gasteiger partial charge in [-0.05, 0) is 51.4 Å². The zero-order chi connectivity index (χ0) is 14.8. The fraction of sp³-hybridized carbons (Fsp3) is 1.00. The molecule has 1 heterocycles. The van der Waals surface area contributed by atoms with E-state index in [1.807, 2.05) is 0 Å². The van der Waals surface area contributed by atoms with Crippen molar-refractivity contribution in [3.8, 4) is 0 Å². The fourth-order valence-corrected chi connectivity index (χ4v) is 3.91. The van der Waals surface area contributed by atoms with Crippen LogP contribution in [0.4, 0.5) is 0 Å². The molecule has 0 spiro atoms. The van der Waals surface area contributed by atoms with Crippen molar-refractivity contribution in [1.82, 2.24) is 10.2 Å². The highest BCUT2D eigenvalue weighted by Crippen LogP contribution is 2.42. The number of hydrogen-bond acceptors (Lipinski definition) is 2. The van der Waals surface area contributed by atoms with Crippen molar-refractivity contribution in [3.05, 3.63) is 0 Å². The van der Waals surface area contributed by atoms with Gasteiger partial charge in [0.15, 0.2) is 0 Å². The van der Waals surface area contributed by atoms with Gasteiger partial charge in [-0.25, -0.2) is 0 Å². The van der Waals surface area contributed by atoms with Crippen molar-refractivity contribution in [2.24, 2.45) is 11.8 Å². The summed E-state index contributed by atoms with van der Waals surface area (Å²) < 4.78 is 0. The van der Waals surface area contributed by atoms with E-state index in [9.17, 15) is 0 Å². The van der Waals surface area contributed by atoms with Crippen molar-refractivity contribution in [3.63, 3.8) is 0 Å². The van der Waals surface area contributed by atoms with E-state index in [4.69, 9.17) is 0 Å². The first-order valence-corrected chi connectivity index (χ1v) is 8.97. The largest absolute Gasteiger partial charge is 0.308 e. The van der Waals surface area contributed by atoms with Crippen LogP contribution in [0.1, 0.15) is 73.1 Å². The monoisotopic (exact) mass is 280 g/mol. The summed E-state index contributed by atoms with van der Waals surface area (Å²) in [5.41, 5.74) is 0.387. The summed E-state index contributed by atoms with van der Waals surface area (Å²) in [7, 11) is 0. The molecule has 2 fully saturated rings. The van der Waals surface area contributed by atoms with Gasteiger partial charge in [0, 0.05) is 30.7 Å². The second-order valence-electron chi connectivity index (χ2n) is 7.98. The van der Waals surface area contributed by atoms with Gasteiger partial charge in [-0.3, -0.25) is 4.90 Å². The third kappa shape index (κ3) is 3.98. The Morgan fingerprint density at radius 1 is 1.20 bits per heavy atom. The molecule has 2 nitrogen and oxygen atoms in total. The maximum atomic E-state index is 3.88. The lowest BCUT2D eigenvalue weighted by molar-refractivity contribution is 0.0384. The van der Waals surface area contributed by atoms with Crippen LogP contribution < -0.4 is 5.32 Å². The second-order valence-corrected chi connectivity index (χ2v) is 7.98. The minimum Gasteiger partial charge on any atom is -0.308 e. The fourth-order valence-electron chi connectivity index (χ4n) is 3.91. The van der Waals surface area contributed by atoms with Gasteiger partial charge >= 0.3 is 0 Å². The highest BCUT2D eigenvalue weighted by molar-refractivity contribution is 5.04. The highest BCUT2D eigenvalue weighted by Gasteiger charge is 2.46. The number of rotatable bonds is 7. The van der Waals surface area contributed by atoms with Crippen molar-refractivity contribution in [2.75, 3.05) is 13.1 Å². The molecule has 1 saturated heterocycles. The molecule has 3 unspecified atom stereocenters. The van der Waals surface area contributed by atoms with Gasteiger partial charge in [0.25, 0.3) is 0 Å². The van der Waals surface area contributed by atoms with Gasteiger partial charge in [-0.1, -0.05) is 33.6 Å². The zero-order valence-electron chi connectivity index (χ0n) is 14.4. The normalized spacial score (nSPS) is 33.6. The average molecular weight is 280 g/mol. The molecule has 1 saturated carbocycles. The molecule has 1 N–H and O–H groups in total. The van der Waals surface area contributed by atoms with E-state index in [1.54, 1.807) is 0 Å². The van der Waals surface area contributed by atoms with Gasteiger partial charge in [-0.2, -0.15) is 0 Å². The Morgan fingerprint density at radius 3 is 2.45 bits per heavy atom. The van der Waals surface area contributed by atoms with Crippen molar-refractivity contribution >= 4 is 0 Å². The Kier molecular flexibility index (Phi) is 5.53. The summed E-state index contributed by atoms with van der Waals surface area (Å²) in [5, 5.41) is 3.88. The molecular weight excluding hydrogens is 244 g/mol. The van der Waals surface area contributed by atoms with Crippen molar-refractivity contribution in [1.29, 1.82) is 0 Å². The van der Waals surface area contributed by atoms with Gasteiger partial charge in [0.05, 0.1) is 0 Å². The van der Waals surface area contributed by atoms with Gasteiger partial charge in [0.1, 0.15) is 0 Å². The predicted octanol–water partition coefficient (Wildman–Crippen LogP) is 4.05. The number of piperazine rings is 1. The lowest BCUT2D eigenvalue weighted by Crippen LogP contribution is -2.65. The molecule has 0 aromatic rings. The minimum absolute atomic E-state index is 0.387. The van der Waals surface area contributed by atoms with E-state index in [0.717, 1.165) is 23.9 Å². The molecule has 0 aromatic heterocycles. The van der Waals surface area contributed by atoms with Crippen LogP contribution in [-0.2, 0) is 0 Å². The van der Waals surface area contributed by atoms with Crippen LogP contribution >= 0.6 is 0 Å². The van der Waals surface area contributed by atoms with Crippen LogP contribution in [0.25, 0.3) is 0 Å². The summed E-state index contributed by atoms with van der Waals surface area (Å²) in [6, 6.07) is 1.50. The molecule has 2 heteroatoms. The van der Waals surface area contributed by atoms with E-state index < -0.39 is 0 Å². The predicted molar refractivity (Wildman–Crippen MR) is 88.1 cm³/mol. The van der Waals surface area contributed by atoms with E-state index in [2.05, 4.69) is 44.8 Å². The maximum absolute atomic E-state index is 3.88.